The molecule has 0 fully saturated rings. The van der Waals surface area contributed by atoms with Gasteiger partial charge in [-0.2, -0.15) is 0 Å². The lowest BCUT2D eigenvalue weighted by atomic mass is 9.95. The van der Waals surface area contributed by atoms with Crippen molar-refractivity contribution in [2.45, 2.75) is 66.0 Å². The Bertz CT molecular complexity index is 1230. The number of imidazole rings is 1. The van der Waals surface area contributed by atoms with Gasteiger partial charge in [-0.3, -0.25) is 19.4 Å². The van der Waals surface area contributed by atoms with Crippen LogP contribution < -0.4 is 16.0 Å². The van der Waals surface area contributed by atoms with Crippen molar-refractivity contribution >= 4 is 46.0 Å². The van der Waals surface area contributed by atoms with Gasteiger partial charge in [0.2, 0.25) is 17.7 Å². The monoisotopic (exact) mass is 512 g/mol. The van der Waals surface area contributed by atoms with Crippen LogP contribution in [0.4, 0.5) is 5.69 Å². The Morgan fingerprint density at radius 2 is 1.83 bits per heavy atom. The van der Waals surface area contributed by atoms with Crippen molar-refractivity contribution in [2.75, 3.05) is 5.32 Å². The lowest BCUT2D eigenvalue weighted by Crippen LogP contribution is -2.53. The number of amides is 3. The number of nitrogens with zero attached hydrogens (tertiary/aromatic N) is 2. The van der Waals surface area contributed by atoms with Gasteiger partial charge in [0.15, 0.2) is 5.82 Å². The highest BCUT2D eigenvalue weighted by atomic mass is 35.5. The Morgan fingerprint density at radius 1 is 1.08 bits per heavy atom. The third-order valence-corrected chi connectivity index (χ3v) is 5.84. The minimum atomic E-state index is -0.769. The molecule has 4 N–H and O–H groups in total. The number of rotatable bonds is 9. The molecule has 2 atom stereocenters. The van der Waals surface area contributed by atoms with Crippen molar-refractivity contribution in [3.05, 3.63) is 41.6 Å². The van der Waals surface area contributed by atoms with Gasteiger partial charge in [-0.15, -0.1) is 0 Å². The van der Waals surface area contributed by atoms with Gasteiger partial charge in [-0.1, -0.05) is 52.1 Å². The zero-order valence-corrected chi connectivity index (χ0v) is 22.0. The van der Waals surface area contributed by atoms with Gasteiger partial charge in [-0.25, -0.2) is 4.98 Å². The number of aromatic nitrogens is 3. The number of nitrogens with one attached hydrogen (secondary N) is 4. The fourth-order valence-electron chi connectivity index (χ4n) is 3.41. The topological polar surface area (TPSA) is 129 Å². The molecule has 2 unspecified atom stereocenters. The lowest BCUT2D eigenvalue weighted by Gasteiger charge is -2.24. The maximum absolute atomic E-state index is 13.1. The fraction of sp³-hybridized carbons (Fsp3) is 0.423. The number of benzene rings is 1. The van der Waals surface area contributed by atoms with Crippen LogP contribution >= 0.6 is 11.6 Å². The largest absolute Gasteiger partial charge is 0.344 e. The number of unbranched alkanes of at least 4 members (excludes halogenated alkanes) is 1. The molecule has 0 bridgehead atoms. The third-order valence-electron chi connectivity index (χ3n) is 5.62. The first-order chi connectivity index (χ1) is 17.0. The summed E-state index contributed by atoms with van der Waals surface area (Å²) in [5.74, 6) is -0.386. The van der Waals surface area contributed by atoms with Gasteiger partial charge >= 0.3 is 0 Å². The van der Waals surface area contributed by atoms with Gasteiger partial charge in [0.05, 0.1) is 16.1 Å². The number of hydrogen-bond donors (Lipinski definition) is 4. The van der Waals surface area contributed by atoms with Crippen molar-refractivity contribution < 1.29 is 14.4 Å². The van der Waals surface area contributed by atoms with Gasteiger partial charge in [0.1, 0.15) is 17.8 Å². The molecule has 0 aliphatic carbocycles. The number of carbonyl (C=O) groups is 3. The van der Waals surface area contributed by atoms with E-state index in [0.29, 0.717) is 28.6 Å². The van der Waals surface area contributed by atoms with Crippen LogP contribution in [0.3, 0.4) is 0 Å². The van der Waals surface area contributed by atoms with Crippen LogP contribution in [0.2, 0.25) is 5.02 Å². The molecule has 0 radical (unpaired) electrons. The third kappa shape index (κ3) is 7.04. The average Bonchev–Trinajstić information content (AvgIpc) is 3.24. The molecule has 0 spiro atoms. The van der Waals surface area contributed by atoms with Crippen LogP contribution in [0.1, 0.15) is 53.9 Å². The predicted molar refractivity (Wildman–Crippen MR) is 141 cm³/mol. The summed E-state index contributed by atoms with van der Waals surface area (Å²) < 4.78 is 0. The molecule has 2 heterocycles. The SMILES string of the molecule is CCCCC(NC(=O)C(C)NC(=O)C(C)(C)C)C(=O)Nc1ccc2nc(-c3ccc(Cl)cn3)[nH]c2c1. The van der Waals surface area contributed by atoms with Crippen LogP contribution in [0.5, 0.6) is 0 Å². The Labute approximate surface area is 215 Å². The van der Waals surface area contributed by atoms with E-state index >= 15 is 0 Å². The molecule has 1 aromatic carbocycles. The highest BCUT2D eigenvalue weighted by Crippen LogP contribution is 2.23. The van der Waals surface area contributed by atoms with Crippen molar-refractivity contribution in [1.82, 2.24) is 25.6 Å². The Morgan fingerprint density at radius 3 is 2.47 bits per heavy atom. The lowest BCUT2D eigenvalue weighted by molar-refractivity contribution is -0.134. The Hall–Kier alpha value is -3.46. The molecular formula is C26H33ClN6O3. The summed E-state index contributed by atoms with van der Waals surface area (Å²) in [6, 6.07) is 7.34. The molecule has 9 nitrogen and oxygen atoms in total. The standard InChI is InChI=1S/C26H33ClN6O3/c1-6-7-8-20(33-23(34)15(2)29-25(36)26(3,4)5)24(35)30-17-10-12-18-21(13-17)32-22(31-18)19-11-9-16(27)14-28-19/h9-15,20H,6-8H2,1-5H3,(H,29,36)(H,30,35)(H,31,32)(H,33,34). The number of halogens is 1. The van der Waals surface area contributed by atoms with E-state index in [1.54, 1.807) is 64.2 Å². The van der Waals surface area contributed by atoms with E-state index in [-0.39, 0.29) is 11.8 Å². The van der Waals surface area contributed by atoms with Crippen LogP contribution in [0.15, 0.2) is 36.5 Å². The summed E-state index contributed by atoms with van der Waals surface area (Å²) in [6.07, 6.45) is 3.66. The summed E-state index contributed by atoms with van der Waals surface area (Å²) in [6.45, 7) is 8.94. The second kappa shape index (κ2) is 11.5. The van der Waals surface area contributed by atoms with E-state index in [4.69, 9.17) is 11.6 Å². The maximum Gasteiger partial charge on any atom is 0.246 e. The summed E-state index contributed by atoms with van der Waals surface area (Å²) in [4.78, 5) is 50.1. The highest BCUT2D eigenvalue weighted by molar-refractivity contribution is 6.30. The summed E-state index contributed by atoms with van der Waals surface area (Å²) in [7, 11) is 0. The number of pyridine rings is 1. The molecule has 2 aromatic heterocycles. The quantitative estimate of drug-likeness (QED) is 0.337. The van der Waals surface area contributed by atoms with Gasteiger partial charge in [0.25, 0.3) is 0 Å². The summed E-state index contributed by atoms with van der Waals surface area (Å²) >= 11 is 5.91. The number of hydrogen-bond acceptors (Lipinski definition) is 5. The molecular weight excluding hydrogens is 480 g/mol. The molecule has 0 aliphatic heterocycles. The van der Waals surface area contributed by atoms with E-state index in [9.17, 15) is 14.4 Å². The van der Waals surface area contributed by atoms with E-state index < -0.39 is 23.4 Å². The van der Waals surface area contributed by atoms with Crippen molar-refractivity contribution in [2.24, 2.45) is 5.41 Å². The van der Waals surface area contributed by atoms with E-state index in [1.807, 2.05) is 6.92 Å². The normalized spacial score (nSPS) is 13.2. The first kappa shape index (κ1) is 27.1. The second-order valence-electron chi connectivity index (χ2n) is 9.82. The van der Waals surface area contributed by atoms with E-state index in [0.717, 1.165) is 23.9 Å². The first-order valence-electron chi connectivity index (χ1n) is 12.0. The molecule has 36 heavy (non-hydrogen) atoms. The average molecular weight is 513 g/mol. The summed E-state index contributed by atoms with van der Waals surface area (Å²) in [5, 5.41) is 8.92. The van der Waals surface area contributed by atoms with Crippen LogP contribution in [-0.4, -0.2) is 44.8 Å². The van der Waals surface area contributed by atoms with E-state index in [1.165, 1.54) is 0 Å². The number of anilines is 1. The fourth-order valence-corrected chi connectivity index (χ4v) is 3.52. The second-order valence-corrected chi connectivity index (χ2v) is 10.3. The smallest absolute Gasteiger partial charge is 0.246 e. The summed E-state index contributed by atoms with van der Waals surface area (Å²) in [5.41, 5.74) is 2.04. The van der Waals surface area contributed by atoms with Crippen LogP contribution in [0, 0.1) is 5.41 Å². The van der Waals surface area contributed by atoms with Crippen LogP contribution in [-0.2, 0) is 14.4 Å². The molecule has 0 aliphatic rings. The van der Waals surface area contributed by atoms with Crippen molar-refractivity contribution in [1.29, 1.82) is 0 Å². The molecule has 0 saturated carbocycles. The molecule has 3 aromatic rings. The number of fused-ring (bicyclic) bond motifs is 1. The highest BCUT2D eigenvalue weighted by Gasteiger charge is 2.27. The van der Waals surface area contributed by atoms with Crippen LogP contribution in [0.25, 0.3) is 22.6 Å². The molecule has 3 amide bonds. The molecule has 3 rings (SSSR count). The number of carbonyl (C=O) groups excluding carboxylic acids is 3. The van der Waals surface area contributed by atoms with Gasteiger partial charge in [-0.05, 0) is 43.7 Å². The minimum Gasteiger partial charge on any atom is -0.344 e. The first-order valence-corrected chi connectivity index (χ1v) is 12.4. The van der Waals surface area contributed by atoms with Crippen molar-refractivity contribution in [3.8, 4) is 11.5 Å². The molecule has 10 heteroatoms. The Balaban J connectivity index is 1.71. The number of H-pyrrole nitrogens is 1. The zero-order chi connectivity index (χ0) is 26.5. The zero-order valence-electron chi connectivity index (χ0n) is 21.2. The maximum atomic E-state index is 13.1. The van der Waals surface area contributed by atoms with E-state index in [2.05, 4.69) is 30.9 Å². The Kier molecular flexibility index (Phi) is 8.68. The minimum absolute atomic E-state index is 0.235. The van der Waals surface area contributed by atoms with Crippen molar-refractivity contribution in [3.63, 3.8) is 0 Å². The predicted octanol–water partition coefficient (Wildman–Crippen LogP) is 4.44. The van der Waals surface area contributed by atoms with Gasteiger partial charge in [0, 0.05) is 17.3 Å². The molecule has 0 saturated heterocycles. The number of aromatic amines is 1. The van der Waals surface area contributed by atoms with Gasteiger partial charge < -0.3 is 20.9 Å². The molecule has 192 valence electrons.